The van der Waals surface area contributed by atoms with Crippen LogP contribution in [0.5, 0.6) is 0 Å². The minimum atomic E-state index is -0.433. The van der Waals surface area contributed by atoms with Gasteiger partial charge in [-0.05, 0) is 13.3 Å². The van der Waals surface area contributed by atoms with Crippen molar-refractivity contribution in [1.29, 1.82) is 0 Å². The van der Waals surface area contributed by atoms with Gasteiger partial charge in [-0.25, -0.2) is 4.79 Å². The summed E-state index contributed by atoms with van der Waals surface area (Å²) >= 11 is 0. The minimum Gasteiger partial charge on any atom is -0.462 e. The van der Waals surface area contributed by atoms with E-state index in [-0.39, 0.29) is 12.5 Å². The monoisotopic (exact) mass is 186 g/mol. The molecule has 3 heteroatoms. The van der Waals surface area contributed by atoms with Crippen LogP contribution in [0.4, 0.5) is 0 Å². The first-order valence-corrected chi connectivity index (χ1v) is 4.59. The average molecular weight is 186 g/mol. The van der Waals surface area contributed by atoms with E-state index in [9.17, 15) is 9.90 Å². The zero-order valence-corrected chi connectivity index (χ0v) is 8.32. The van der Waals surface area contributed by atoms with Gasteiger partial charge < -0.3 is 9.84 Å². The molecule has 2 atom stereocenters. The number of aliphatic hydroxyl groups is 1. The first kappa shape index (κ1) is 12.2. The van der Waals surface area contributed by atoms with E-state index in [2.05, 4.69) is 6.58 Å². The molecule has 0 aromatic rings. The summed E-state index contributed by atoms with van der Waals surface area (Å²) in [4.78, 5) is 10.7. The van der Waals surface area contributed by atoms with E-state index in [1.54, 1.807) is 6.92 Å². The molecule has 0 saturated carbocycles. The first-order valence-electron chi connectivity index (χ1n) is 4.59. The summed E-state index contributed by atoms with van der Waals surface area (Å²) < 4.78 is 4.85. The molecule has 0 bridgehead atoms. The average Bonchev–Trinajstić information content (AvgIpc) is 2.11. The topological polar surface area (TPSA) is 46.5 Å². The van der Waals surface area contributed by atoms with E-state index in [4.69, 9.17) is 4.74 Å². The van der Waals surface area contributed by atoms with Crippen molar-refractivity contribution in [2.24, 2.45) is 5.92 Å². The van der Waals surface area contributed by atoms with Crippen molar-refractivity contribution in [3.05, 3.63) is 12.7 Å². The number of rotatable bonds is 6. The predicted octanol–water partition coefficient (Wildman–Crippen LogP) is 1.51. The fraction of sp³-hybridized carbons (Fsp3) is 0.700. The molecule has 76 valence electrons. The number of hydrogen-bond donors (Lipinski definition) is 1. The number of carbonyl (C=O) groups excluding carboxylic acids is 1. The fourth-order valence-electron chi connectivity index (χ4n) is 1.08. The summed E-state index contributed by atoms with van der Waals surface area (Å²) in [5.41, 5.74) is 0. The van der Waals surface area contributed by atoms with E-state index in [0.717, 1.165) is 18.9 Å². The molecule has 0 rings (SSSR count). The van der Waals surface area contributed by atoms with Gasteiger partial charge in [-0.15, -0.1) is 0 Å². The third-order valence-electron chi connectivity index (χ3n) is 1.95. The van der Waals surface area contributed by atoms with Crippen LogP contribution in [0.25, 0.3) is 0 Å². The molecule has 0 aliphatic carbocycles. The zero-order chi connectivity index (χ0) is 10.3. The number of aliphatic hydroxyl groups excluding tert-OH is 1. The van der Waals surface area contributed by atoms with Crippen LogP contribution < -0.4 is 0 Å². The van der Waals surface area contributed by atoms with Gasteiger partial charge in [0.25, 0.3) is 0 Å². The third-order valence-corrected chi connectivity index (χ3v) is 1.95. The summed E-state index contributed by atoms with van der Waals surface area (Å²) in [5.74, 6) is -0.393. The lowest BCUT2D eigenvalue weighted by atomic mass is 9.99. The van der Waals surface area contributed by atoms with Crippen molar-refractivity contribution in [3.63, 3.8) is 0 Å². The Labute approximate surface area is 79.4 Å². The molecule has 3 nitrogen and oxygen atoms in total. The van der Waals surface area contributed by atoms with Gasteiger partial charge in [-0.1, -0.05) is 19.9 Å². The summed E-state index contributed by atoms with van der Waals surface area (Å²) in [6, 6.07) is 0. The highest BCUT2D eigenvalue weighted by atomic mass is 16.5. The molecule has 0 saturated heterocycles. The lowest BCUT2D eigenvalue weighted by Crippen LogP contribution is -2.23. The Bertz CT molecular complexity index is 164. The Hall–Kier alpha value is -0.830. The number of carbonyl (C=O) groups is 1. The van der Waals surface area contributed by atoms with Crippen molar-refractivity contribution in [1.82, 2.24) is 0 Å². The van der Waals surface area contributed by atoms with Gasteiger partial charge in [0.15, 0.2) is 0 Å². The largest absolute Gasteiger partial charge is 0.462 e. The van der Waals surface area contributed by atoms with Gasteiger partial charge in [0, 0.05) is 12.0 Å². The highest BCUT2D eigenvalue weighted by Crippen LogP contribution is 2.11. The maximum atomic E-state index is 10.7. The minimum absolute atomic E-state index is 0.0360. The molecule has 0 aromatic heterocycles. The molecule has 0 radical (unpaired) electrons. The van der Waals surface area contributed by atoms with Gasteiger partial charge in [-0.3, -0.25) is 0 Å². The van der Waals surface area contributed by atoms with Crippen LogP contribution in [0.1, 0.15) is 26.7 Å². The standard InChI is InChI=1S/C10H18O3/c1-4-6-9(8(3)11)7-13-10(12)5-2/h5,8-9,11H,2,4,6-7H2,1,3H3. The second-order valence-electron chi connectivity index (χ2n) is 3.12. The van der Waals surface area contributed by atoms with Crippen molar-refractivity contribution >= 4 is 5.97 Å². The quantitative estimate of drug-likeness (QED) is 0.505. The number of hydrogen-bond acceptors (Lipinski definition) is 3. The maximum absolute atomic E-state index is 10.7. The molecular weight excluding hydrogens is 168 g/mol. The summed E-state index contributed by atoms with van der Waals surface area (Å²) in [6.45, 7) is 7.31. The van der Waals surface area contributed by atoms with Gasteiger partial charge in [0.1, 0.15) is 0 Å². The predicted molar refractivity (Wildman–Crippen MR) is 51.2 cm³/mol. The fourth-order valence-corrected chi connectivity index (χ4v) is 1.08. The molecule has 0 aromatic carbocycles. The van der Waals surface area contributed by atoms with E-state index in [0.29, 0.717) is 0 Å². The van der Waals surface area contributed by atoms with Crippen molar-refractivity contribution < 1.29 is 14.6 Å². The van der Waals surface area contributed by atoms with Crippen molar-refractivity contribution in [3.8, 4) is 0 Å². The van der Waals surface area contributed by atoms with Gasteiger partial charge in [0.2, 0.25) is 0 Å². The van der Waals surface area contributed by atoms with Crippen LogP contribution in [0.2, 0.25) is 0 Å². The summed E-state index contributed by atoms with van der Waals surface area (Å²) in [5, 5.41) is 9.31. The molecule has 0 amide bonds. The molecular formula is C10H18O3. The Morgan fingerprint density at radius 1 is 1.69 bits per heavy atom. The Morgan fingerprint density at radius 3 is 2.69 bits per heavy atom. The van der Waals surface area contributed by atoms with Crippen molar-refractivity contribution in [2.45, 2.75) is 32.8 Å². The Morgan fingerprint density at radius 2 is 2.31 bits per heavy atom. The van der Waals surface area contributed by atoms with Crippen molar-refractivity contribution in [2.75, 3.05) is 6.61 Å². The van der Waals surface area contributed by atoms with E-state index >= 15 is 0 Å². The number of ether oxygens (including phenoxy) is 1. The third kappa shape index (κ3) is 5.42. The van der Waals surface area contributed by atoms with Crippen LogP contribution in [-0.4, -0.2) is 23.8 Å². The molecule has 1 N–H and O–H groups in total. The zero-order valence-electron chi connectivity index (χ0n) is 8.32. The second kappa shape index (κ2) is 6.66. The SMILES string of the molecule is C=CC(=O)OCC(CCC)C(C)O. The smallest absolute Gasteiger partial charge is 0.330 e. The molecule has 2 unspecified atom stereocenters. The molecule has 0 fully saturated rings. The molecule has 0 spiro atoms. The molecule has 13 heavy (non-hydrogen) atoms. The lowest BCUT2D eigenvalue weighted by Gasteiger charge is -2.18. The molecule has 0 aliphatic heterocycles. The van der Waals surface area contributed by atoms with Gasteiger partial charge >= 0.3 is 5.97 Å². The molecule has 0 aliphatic rings. The summed E-state index contributed by atoms with van der Waals surface area (Å²) in [7, 11) is 0. The van der Waals surface area contributed by atoms with E-state index in [1.165, 1.54) is 0 Å². The van der Waals surface area contributed by atoms with Gasteiger partial charge in [0.05, 0.1) is 12.7 Å². The maximum Gasteiger partial charge on any atom is 0.330 e. The van der Waals surface area contributed by atoms with Crippen LogP contribution in [0, 0.1) is 5.92 Å². The normalized spacial score (nSPS) is 14.7. The van der Waals surface area contributed by atoms with E-state index in [1.807, 2.05) is 6.92 Å². The summed E-state index contributed by atoms with van der Waals surface area (Å²) in [6.07, 6.45) is 2.53. The lowest BCUT2D eigenvalue weighted by molar-refractivity contribution is -0.140. The van der Waals surface area contributed by atoms with Crippen LogP contribution in [-0.2, 0) is 9.53 Å². The van der Waals surface area contributed by atoms with Crippen LogP contribution in [0.15, 0.2) is 12.7 Å². The first-order chi connectivity index (χ1) is 6.11. The Balaban J connectivity index is 3.81. The second-order valence-corrected chi connectivity index (χ2v) is 3.12. The van der Waals surface area contributed by atoms with Gasteiger partial charge in [-0.2, -0.15) is 0 Å². The van der Waals surface area contributed by atoms with Crippen LogP contribution in [0.3, 0.4) is 0 Å². The molecule has 0 heterocycles. The Kier molecular flexibility index (Phi) is 6.24. The van der Waals surface area contributed by atoms with Crippen LogP contribution >= 0.6 is 0 Å². The highest BCUT2D eigenvalue weighted by molar-refractivity contribution is 5.81. The number of esters is 1. The van der Waals surface area contributed by atoms with E-state index < -0.39 is 12.1 Å². The highest BCUT2D eigenvalue weighted by Gasteiger charge is 2.15.